The van der Waals surface area contributed by atoms with Gasteiger partial charge in [0.25, 0.3) is 10.1 Å². The number of hydrogen-bond acceptors (Lipinski definition) is 4. The highest BCUT2D eigenvalue weighted by molar-refractivity contribution is 7.85. The summed E-state index contributed by atoms with van der Waals surface area (Å²) in [4.78, 5) is 4.22. The molecule has 0 saturated carbocycles. The average Bonchev–Trinajstić information content (AvgIpc) is 2.37. The molecule has 4 nitrogen and oxygen atoms in total. The van der Waals surface area contributed by atoms with E-state index < -0.39 is 10.1 Å². The summed E-state index contributed by atoms with van der Waals surface area (Å²) in [5.41, 5.74) is 1.80. The fourth-order valence-electron chi connectivity index (χ4n) is 1.56. The summed E-state index contributed by atoms with van der Waals surface area (Å²) in [6.45, 7) is 0.0843. The molecule has 1 aromatic carbocycles. The summed E-state index contributed by atoms with van der Waals surface area (Å²) in [5.74, 6) is 5.85. The van der Waals surface area contributed by atoms with E-state index in [1.165, 1.54) is 0 Å². The van der Waals surface area contributed by atoms with Gasteiger partial charge in [0.15, 0.2) is 0 Å². The highest BCUT2D eigenvalue weighted by Crippen LogP contribution is 2.12. The van der Waals surface area contributed by atoms with Crippen molar-refractivity contribution in [2.75, 3.05) is 12.9 Å². The van der Waals surface area contributed by atoms with Crippen LogP contribution in [0.25, 0.3) is 10.9 Å². The molecule has 1 heterocycles. The van der Waals surface area contributed by atoms with Crippen molar-refractivity contribution in [1.29, 1.82) is 0 Å². The molecule has 0 amide bonds. The lowest BCUT2D eigenvalue weighted by Gasteiger charge is -1.97. The number of benzene rings is 1. The lowest BCUT2D eigenvalue weighted by Crippen LogP contribution is -2.03. The summed E-state index contributed by atoms with van der Waals surface area (Å²) < 4.78 is 26.1. The quantitative estimate of drug-likeness (QED) is 0.488. The van der Waals surface area contributed by atoms with Gasteiger partial charge in [-0.1, -0.05) is 17.9 Å². The van der Waals surface area contributed by atoms with E-state index in [9.17, 15) is 8.42 Å². The smallest absolute Gasteiger partial charge is 0.264 e. The van der Waals surface area contributed by atoms with Crippen LogP contribution in [0.2, 0.25) is 0 Å². The van der Waals surface area contributed by atoms with E-state index in [0.717, 1.165) is 22.7 Å². The van der Waals surface area contributed by atoms with Gasteiger partial charge in [-0.3, -0.25) is 9.17 Å². The van der Waals surface area contributed by atoms with Crippen molar-refractivity contribution in [2.24, 2.45) is 0 Å². The van der Waals surface area contributed by atoms with Crippen molar-refractivity contribution in [3.63, 3.8) is 0 Å². The Bertz CT molecular complexity index is 742. The fraction of sp³-hybridized carbons (Fsp3) is 0.214. The van der Waals surface area contributed by atoms with Gasteiger partial charge in [-0.25, -0.2) is 0 Å². The molecule has 0 spiro atoms. The first-order chi connectivity index (χ1) is 9.04. The molecule has 0 aliphatic carbocycles. The molecule has 0 fully saturated rings. The molecule has 0 saturated heterocycles. The van der Waals surface area contributed by atoms with Gasteiger partial charge in [-0.05, 0) is 24.3 Å². The maximum absolute atomic E-state index is 10.7. The second kappa shape index (κ2) is 5.83. The van der Waals surface area contributed by atoms with Crippen LogP contribution < -0.4 is 0 Å². The van der Waals surface area contributed by atoms with Crippen molar-refractivity contribution in [3.8, 4) is 11.8 Å². The van der Waals surface area contributed by atoms with Crippen LogP contribution in [0.5, 0.6) is 0 Å². The first-order valence-corrected chi connectivity index (χ1v) is 7.54. The predicted molar refractivity (Wildman–Crippen MR) is 74.0 cm³/mol. The molecule has 19 heavy (non-hydrogen) atoms. The molecule has 0 radical (unpaired) electrons. The average molecular weight is 275 g/mol. The van der Waals surface area contributed by atoms with Crippen LogP contribution in [0.15, 0.2) is 36.5 Å². The van der Waals surface area contributed by atoms with Gasteiger partial charge in [-0.2, -0.15) is 8.42 Å². The minimum atomic E-state index is -3.37. The second-order valence-electron chi connectivity index (χ2n) is 3.99. The van der Waals surface area contributed by atoms with E-state index in [0.29, 0.717) is 6.42 Å². The Kier molecular flexibility index (Phi) is 4.15. The van der Waals surface area contributed by atoms with Crippen molar-refractivity contribution in [3.05, 3.63) is 42.1 Å². The lowest BCUT2D eigenvalue weighted by molar-refractivity contribution is 0.330. The van der Waals surface area contributed by atoms with Gasteiger partial charge in [0, 0.05) is 23.6 Å². The third kappa shape index (κ3) is 4.36. The Morgan fingerprint density at radius 1 is 1.32 bits per heavy atom. The molecule has 0 bridgehead atoms. The monoisotopic (exact) mass is 275 g/mol. The van der Waals surface area contributed by atoms with Crippen molar-refractivity contribution in [1.82, 2.24) is 4.98 Å². The van der Waals surface area contributed by atoms with Gasteiger partial charge >= 0.3 is 0 Å². The molecule has 0 unspecified atom stereocenters. The van der Waals surface area contributed by atoms with E-state index in [2.05, 4.69) is 21.0 Å². The Morgan fingerprint density at radius 3 is 2.95 bits per heavy atom. The van der Waals surface area contributed by atoms with Gasteiger partial charge in [-0.15, -0.1) is 0 Å². The van der Waals surface area contributed by atoms with E-state index in [4.69, 9.17) is 0 Å². The van der Waals surface area contributed by atoms with Crippen LogP contribution in [0.3, 0.4) is 0 Å². The zero-order valence-electron chi connectivity index (χ0n) is 10.5. The Balaban J connectivity index is 2.02. The summed E-state index contributed by atoms with van der Waals surface area (Å²) in [5, 5.41) is 1.03. The van der Waals surface area contributed by atoms with E-state index >= 15 is 0 Å². The third-order valence-electron chi connectivity index (χ3n) is 2.36. The Hall–Kier alpha value is -1.90. The molecule has 0 N–H and O–H groups in total. The van der Waals surface area contributed by atoms with Crippen LogP contribution in [-0.2, 0) is 14.3 Å². The Morgan fingerprint density at radius 2 is 2.16 bits per heavy atom. The molecule has 0 aliphatic heterocycles. The SMILES string of the molecule is CS(=O)(=O)OCCC#Cc1ccc2ncccc2c1. The summed E-state index contributed by atoms with van der Waals surface area (Å²) in [6.07, 6.45) is 3.14. The van der Waals surface area contributed by atoms with Gasteiger partial charge in [0.1, 0.15) is 0 Å². The Labute approximate surface area is 112 Å². The third-order valence-corrected chi connectivity index (χ3v) is 2.96. The largest absolute Gasteiger partial charge is 0.269 e. The molecule has 5 heteroatoms. The second-order valence-corrected chi connectivity index (χ2v) is 5.63. The van der Waals surface area contributed by atoms with Crippen LogP contribution >= 0.6 is 0 Å². The zero-order valence-corrected chi connectivity index (χ0v) is 11.3. The zero-order chi connectivity index (χ0) is 13.7. The maximum atomic E-state index is 10.7. The first-order valence-electron chi connectivity index (χ1n) is 5.73. The van der Waals surface area contributed by atoms with Crippen LogP contribution in [-0.4, -0.2) is 26.3 Å². The number of fused-ring (bicyclic) bond motifs is 1. The highest BCUT2D eigenvalue weighted by Gasteiger charge is 1.98. The maximum Gasteiger partial charge on any atom is 0.264 e. The van der Waals surface area contributed by atoms with Crippen molar-refractivity contribution >= 4 is 21.0 Å². The lowest BCUT2D eigenvalue weighted by atomic mass is 10.1. The van der Waals surface area contributed by atoms with Crippen molar-refractivity contribution < 1.29 is 12.6 Å². The van der Waals surface area contributed by atoms with Crippen LogP contribution in [0.1, 0.15) is 12.0 Å². The number of hydrogen-bond donors (Lipinski definition) is 0. The van der Waals surface area contributed by atoms with E-state index in [1.807, 2.05) is 30.3 Å². The summed E-state index contributed by atoms with van der Waals surface area (Å²) >= 11 is 0. The predicted octanol–water partition coefficient (Wildman–Crippen LogP) is 1.95. The van der Waals surface area contributed by atoms with E-state index in [-0.39, 0.29) is 6.61 Å². The number of aromatic nitrogens is 1. The number of nitrogens with zero attached hydrogens (tertiary/aromatic N) is 1. The normalized spacial score (nSPS) is 11.0. The summed E-state index contributed by atoms with van der Waals surface area (Å²) in [6, 6.07) is 9.60. The molecule has 0 aliphatic rings. The minimum Gasteiger partial charge on any atom is -0.269 e. The van der Waals surface area contributed by atoms with Gasteiger partial charge < -0.3 is 0 Å². The highest BCUT2D eigenvalue weighted by atomic mass is 32.2. The molecular formula is C14H13NO3S. The topological polar surface area (TPSA) is 56.3 Å². The van der Waals surface area contributed by atoms with Crippen LogP contribution in [0, 0.1) is 11.8 Å². The van der Waals surface area contributed by atoms with Crippen molar-refractivity contribution in [2.45, 2.75) is 6.42 Å². The van der Waals surface area contributed by atoms with E-state index in [1.54, 1.807) is 6.20 Å². The van der Waals surface area contributed by atoms with Crippen LogP contribution in [0.4, 0.5) is 0 Å². The van der Waals surface area contributed by atoms with Gasteiger partial charge in [0.05, 0.1) is 18.4 Å². The first kappa shape index (κ1) is 13.5. The molecule has 2 rings (SSSR count). The molecule has 1 aromatic heterocycles. The number of pyridine rings is 1. The molecular weight excluding hydrogens is 262 g/mol. The molecule has 2 aromatic rings. The standard InChI is InChI=1S/C14H13NO3S/c1-19(16,17)18-10-3-2-5-12-7-8-14-13(11-12)6-4-9-15-14/h4,6-9,11H,3,10H2,1H3. The van der Waals surface area contributed by atoms with Gasteiger partial charge in [0.2, 0.25) is 0 Å². The number of rotatable bonds is 3. The fourth-order valence-corrected chi connectivity index (χ4v) is 1.95. The molecule has 98 valence electrons. The summed E-state index contributed by atoms with van der Waals surface area (Å²) in [7, 11) is -3.37. The molecule has 0 atom stereocenters. The minimum absolute atomic E-state index is 0.0843.